The van der Waals surface area contributed by atoms with Crippen molar-refractivity contribution in [3.8, 4) is 0 Å². The van der Waals surface area contributed by atoms with Crippen LogP contribution >= 0.6 is 0 Å². The van der Waals surface area contributed by atoms with Crippen LogP contribution in [0, 0.1) is 0 Å². The monoisotopic (exact) mass is 455 g/mol. The smallest absolute Gasteiger partial charge is 0.295 e. The Morgan fingerprint density at radius 2 is 1.53 bits per heavy atom. The number of likely N-dealkylation sites (tertiary alicyclic amines) is 1. The first-order valence-corrected chi connectivity index (χ1v) is 12.1. The lowest BCUT2D eigenvalue weighted by molar-refractivity contribution is -0.132. The lowest BCUT2D eigenvalue weighted by Crippen LogP contribution is -2.39. The normalized spacial score (nSPS) is 16.4. The lowest BCUT2D eigenvalue weighted by atomic mass is 9.99. The molecule has 2 aliphatic heterocycles. The third kappa shape index (κ3) is 4.40. The number of Topliss-reactive ketones (excluding diaryl/α,β-unsaturated/α-hetero) is 1. The SMILES string of the molecule is O=C(C(=O)N1CC=C(c2ccccc2)CC1)c1cn(CC(=O)N2CCCCC2)c2ccccc12. The van der Waals surface area contributed by atoms with E-state index in [1.807, 2.05) is 58.0 Å². The summed E-state index contributed by atoms with van der Waals surface area (Å²) in [6, 6.07) is 17.6. The van der Waals surface area contributed by atoms with Crippen molar-refractivity contribution in [1.29, 1.82) is 0 Å². The minimum absolute atomic E-state index is 0.0559. The van der Waals surface area contributed by atoms with Gasteiger partial charge < -0.3 is 14.4 Å². The molecular formula is C28H29N3O3. The number of nitrogens with zero attached hydrogens (tertiary/aromatic N) is 3. The third-order valence-corrected chi connectivity index (χ3v) is 6.88. The summed E-state index contributed by atoms with van der Waals surface area (Å²) in [6.07, 6.45) is 7.66. The maximum Gasteiger partial charge on any atom is 0.295 e. The number of para-hydroxylation sites is 1. The molecule has 1 fully saturated rings. The van der Waals surface area contributed by atoms with Crippen molar-refractivity contribution in [3.05, 3.63) is 78.0 Å². The molecule has 1 aromatic heterocycles. The number of ketones is 1. The number of benzene rings is 2. The largest absolute Gasteiger partial charge is 0.341 e. The topological polar surface area (TPSA) is 62.6 Å². The summed E-state index contributed by atoms with van der Waals surface area (Å²) in [6.45, 7) is 2.68. The first-order chi connectivity index (χ1) is 16.6. The van der Waals surface area contributed by atoms with E-state index in [0.29, 0.717) is 24.0 Å². The lowest BCUT2D eigenvalue weighted by Gasteiger charge is -2.27. The van der Waals surface area contributed by atoms with Gasteiger partial charge in [-0.05, 0) is 42.9 Å². The number of amides is 2. The van der Waals surface area contributed by atoms with Gasteiger partial charge in [-0.2, -0.15) is 0 Å². The third-order valence-electron chi connectivity index (χ3n) is 6.88. The standard InChI is InChI=1S/C28H29N3O3/c32-26(29-15-7-2-8-16-29)20-31-19-24(23-11-5-6-12-25(23)31)27(33)28(34)30-17-13-22(14-18-30)21-9-3-1-4-10-21/h1,3-6,9-13,19H,2,7-8,14-18,20H2. The molecule has 34 heavy (non-hydrogen) atoms. The highest BCUT2D eigenvalue weighted by Crippen LogP contribution is 2.25. The zero-order valence-electron chi connectivity index (χ0n) is 19.3. The molecule has 5 rings (SSSR count). The average molecular weight is 456 g/mol. The Balaban J connectivity index is 1.34. The number of rotatable bonds is 5. The molecular weight excluding hydrogens is 426 g/mol. The van der Waals surface area contributed by atoms with Gasteiger partial charge in [0.15, 0.2) is 0 Å². The van der Waals surface area contributed by atoms with E-state index in [1.165, 1.54) is 5.57 Å². The van der Waals surface area contributed by atoms with Crippen molar-refractivity contribution in [2.24, 2.45) is 0 Å². The molecule has 0 N–H and O–H groups in total. The molecule has 0 atom stereocenters. The fourth-order valence-electron chi connectivity index (χ4n) is 4.97. The van der Waals surface area contributed by atoms with Crippen molar-refractivity contribution < 1.29 is 14.4 Å². The maximum atomic E-state index is 13.3. The van der Waals surface area contributed by atoms with Crippen molar-refractivity contribution in [2.45, 2.75) is 32.2 Å². The van der Waals surface area contributed by atoms with Gasteiger partial charge in [-0.15, -0.1) is 0 Å². The molecule has 0 radical (unpaired) electrons. The van der Waals surface area contributed by atoms with Crippen LogP contribution in [0.25, 0.3) is 16.5 Å². The van der Waals surface area contributed by atoms with E-state index in [4.69, 9.17) is 0 Å². The van der Waals surface area contributed by atoms with Crippen LogP contribution in [0.5, 0.6) is 0 Å². The molecule has 2 aliphatic rings. The van der Waals surface area contributed by atoms with Crippen molar-refractivity contribution in [2.75, 3.05) is 26.2 Å². The van der Waals surface area contributed by atoms with Gasteiger partial charge in [0.05, 0.1) is 5.56 Å². The van der Waals surface area contributed by atoms with E-state index in [2.05, 4.69) is 12.1 Å². The fraction of sp³-hybridized carbons (Fsp3) is 0.321. The van der Waals surface area contributed by atoms with E-state index >= 15 is 0 Å². The van der Waals surface area contributed by atoms with Crippen LogP contribution in [0.3, 0.4) is 0 Å². The second-order valence-electron chi connectivity index (χ2n) is 9.05. The van der Waals surface area contributed by atoms with Crippen LogP contribution in [0.2, 0.25) is 0 Å². The molecule has 174 valence electrons. The number of carbonyl (C=O) groups excluding carboxylic acids is 3. The fourth-order valence-corrected chi connectivity index (χ4v) is 4.97. The molecule has 0 spiro atoms. The Morgan fingerprint density at radius 1 is 0.794 bits per heavy atom. The number of piperidine rings is 1. The maximum absolute atomic E-state index is 13.3. The van der Waals surface area contributed by atoms with Gasteiger partial charge in [-0.1, -0.05) is 54.6 Å². The van der Waals surface area contributed by atoms with Gasteiger partial charge in [0.2, 0.25) is 5.91 Å². The Labute approximate surface area is 199 Å². The van der Waals surface area contributed by atoms with Crippen molar-refractivity contribution in [1.82, 2.24) is 14.4 Å². The quantitative estimate of drug-likeness (QED) is 0.429. The molecule has 0 unspecified atom stereocenters. The summed E-state index contributed by atoms with van der Waals surface area (Å²) >= 11 is 0. The molecule has 0 bridgehead atoms. The summed E-state index contributed by atoms with van der Waals surface area (Å²) in [7, 11) is 0. The number of carbonyl (C=O) groups is 3. The van der Waals surface area contributed by atoms with Crippen LogP contribution in [0.1, 0.15) is 41.6 Å². The number of hydrogen-bond donors (Lipinski definition) is 0. The first-order valence-electron chi connectivity index (χ1n) is 12.1. The van der Waals surface area contributed by atoms with Gasteiger partial charge in [0.1, 0.15) is 6.54 Å². The Morgan fingerprint density at radius 3 is 2.26 bits per heavy atom. The molecule has 2 aromatic carbocycles. The molecule has 3 heterocycles. The van der Waals surface area contributed by atoms with Crippen LogP contribution in [0.15, 0.2) is 66.9 Å². The Hall–Kier alpha value is -3.67. The minimum Gasteiger partial charge on any atom is -0.341 e. The molecule has 1 saturated heterocycles. The van der Waals surface area contributed by atoms with Crippen LogP contribution < -0.4 is 0 Å². The first kappa shape index (κ1) is 22.1. The van der Waals surface area contributed by atoms with Crippen LogP contribution in [-0.2, 0) is 16.1 Å². The number of aromatic nitrogens is 1. The summed E-state index contributed by atoms with van der Waals surface area (Å²) in [5.74, 6) is -0.953. The second-order valence-corrected chi connectivity index (χ2v) is 9.05. The van der Waals surface area contributed by atoms with Crippen LogP contribution in [-0.4, -0.2) is 58.1 Å². The Bertz CT molecular complexity index is 1250. The Kier molecular flexibility index (Phi) is 6.30. The summed E-state index contributed by atoms with van der Waals surface area (Å²) in [4.78, 5) is 42.8. The summed E-state index contributed by atoms with van der Waals surface area (Å²) in [5, 5.41) is 0.713. The van der Waals surface area contributed by atoms with Crippen molar-refractivity contribution >= 4 is 34.1 Å². The predicted molar refractivity (Wildman–Crippen MR) is 132 cm³/mol. The van der Waals surface area contributed by atoms with E-state index in [0.717, 1.165) is 49.9 Å². The van der Waals surface area contributed by atoms with Gasteiger partial charge in [0, 0.05) is 43.3 Å². The zero-order valence-corrected chi connectivity index (χ0v) is 19.3. The van der Waals surface area contributed by atoms with Gasteiger partial charge in [-0.25, -0.2) is 0 Å². The summed E-state index contributed by atoms with van der Waals surface area (Å²) < 4.78 is 1.82. The van der Waals surface area contributed by atoms with Gasteiger partial charge in [-0.3, -0.25) is 14.4 Å². The predicted octanol–water partition coefficient (Wildman–Crippen LogP) is 4.15. The van der Waals surface area contributed by atoms with Gasteiger partial charge >= 0.3 is 0 Å². The highest BCUT2D eigenvalue weighted by Gasteiger charge is 2.28. The molecule has 0 aliphatic carbocycles. The van der Waals surface area contributed by atoms with Gasteiger partial charge in [0.25, 0.3) is 11.7 Å². The number of hydrogen-bond acceptors (Lipinski definition) is 3. The molecule has 6 nitrogen and oxygen atoms in total. The summed E-state index contributed by atoms with van der Waals surface area (Å²) in [5.41, 5.74) is 3.52. The second kappa shape index (κ2) is 9.67. The van der Waals surface area contributed by atoms with E-state index < -0.39 is 11.7 Å². The average Bonchev–Trinajstić information content (AvgIpc) is 3.27. The number of fused-ring (bicyclic) bond motifs is 1. The van der Waals surface area contributed by atoms with E-state index in [9.17, 15) is 14.4 Å². The molecule has 0 saturated carbocycles. The van der Waals surface area contributed by atoms with E-state index in [1.54, 1.807) is 11.1 Å². The highest BCUT2D eigenvalue weighted by atomic mass is 16.2. The van der Waals surface area contributed by atoms with Crippen molar-refractivity contribution in [3.63, 3.8) is 0 Å². The van der Waals surface area contributed by atoms with E-state index in [-0.39, 0.29) is 12.5 Å². The highest BCUT2D eigenvalue weighted by molar-refractivity contribution is 6.45. The van der Waals surface area contributed by atoms with Crippen LogP contribution in [0.4, 0.5) is 0 Å². The minimum atomic E-state index is -0.517. The molecule has 6 heteroatoms. The molecule has 3 aromatic rings. The zero-order chi connectivity index (χ0) is 23.5. The molecule has 2 amide bonds.